The van der Waals surface area contributed by atoms with Crippen molar-refractivity contribution in [2.24, 2.45) is 0 Å². The standard InChI is InChI=1S/C12H20N4O/c1-3-5-14-7-8-15-10-4-6-16-11(9-10)12(17)13-2/h4,6,9,14H,3,5,7-8H2,1-2H3,(H,13,17)(H,15,16). The van der Waals surface area contributed by atoms with Crippen LogP contribution >= 0.6 is 0 Å². The van der Waals surface area contributed by atoms with E-state index < -0.39 is 0 Å². The quantitative estimate of drug-likeness (QED) is 0.614. The minimum Gasteiger partial charge on any atom is -0.384 e. The molecule has 0 aliphatic carbocycles. The molecule has 0 aromatic carbocycles. The lowest BCUT2D eigenvalue weighted by atomic mass is 10.3. The summed E-state index contributed by atoms with van der Waals surface area (Å²) in [5.41, 5.74) is 1.34. The van der Waals surface area contributed by atoms with E-state index in [0.717, 1.165) is 31.7 Å². The third kappa shape index (κ3) is 4.82. The molecule has 0 saturated carbocycles. The van der Waals surface area contributed by atoms with Gasteiger partial charge in [-0.3, -0.25) is 9.78 Å². The molecule has 0 atom stereocenters. The van der Waals surface area contributed by atoms with Crippen molar-refractivity contribution < 1.29 is 4.79 Å². The number of nitrogens with one attached hydrogen (secondary N) is 3. The topological polar surface area (TPSA) is 66.0 Å². The van der Waals surface area contributed by atoms with E-state index in [9.17, 15) is 4.79 Å². The van der Waals surface area contributed by atoms with Crippen molar-refractivity contribution in [1.29, 1.82) is 0 Å². The molecule has 1 rings (SSSR count). The number of anilines is 1. The van der Waals surface area contributed by atoms with E-state index in [1.165, 1.54) is 0 Å². The molecule has 1 aromatic heterocycles. The first-order chi connectivity index (χ1) is 8.27. The molecule has 1 heterocycles. The van der Waals surface area contributed by atoms with Gasteiger partial charge in [0.05, 0.1) is 0 Å². The fourth-order valence-corrected chi connectivity index (χ4v) is 1.39. The van der Waals surface area contributed by atoms with Gasteiger partial charge in [0.25, 0.3) is 5.91 Å². The highest BCUT2D eigenvalue weighted by Crippen LogP contribution is 2.06. The van der Waals surface area contributed by atoms with Crippen LogP contribution in [0.4, 0.5) is 5.69 Å². The molecule has 94 valence electrons. The predicted octanol–water partition coefficient (Wildman–Crippen LogP) is 0.853. The molecule has 0 fully saturated rings. The van der Waals surface area contributed by atoms with Crippen molar-refractivity contribution in [3.05, 3.63) is 24.0 Å². The van der Waals surface area contributed by atoms with Crippen LogP contribution in [0.3, 0.4) is 0 Å². The van der Waals surface area contributed by atoms with Gasteiger partial charge in [-0.05, 0) is 25.1 Å². The molecule has 5 nitrogen and oxygen atoms in total. The van der Waals surface area contributed by atoms with Gasteiger partial charge >= 0.3 is 0 Å². The Morgan fingerprint density at radius 3 is 2.88 bits per heavy atom. The van der Waals surface area contributed by atoms with Crippen LogP contribution in [0.5, 0.6) is 0 Å². The maximum absolute atomic E-state index is 11.4. The molecule has 0 unspecified atom stereocenters. The number of pyridine rings is 1. The third-order valence-corrected chi connectivity index (χ3v) is 2.28. The molecule has 17 heavy (non-hydrogen) atoms. The van der Waals surface area contributed by atoms with Gasteiger partial charge in [-0.15, -0.1) is 0 Å². The predicted molar refractivity (Wildman–Crippen MR) is 69.3 cm³/mol. The van der Waals surface area contributed by atoms with Crippen molar-refractivity contribution in [2.75, 3.05) is 32.0 Å². The second-order valence-corrected chi connectivity index (χ2v) is 3.69. The average Bonchev–Trinajstić information content (AvgIpc) is 2.38. The largest absolute Gasteiger partial charge is 0.384 e. The van der Waals surface area contributed by atoms with Crippen molar-refractivity contribution in [3.8, 4) is 0 Å². The first-order valence-corrected chi connectivity index (χ1v) is 5.90. The van der Waals surface area contributed by atoms with Gasteiger partial charge in [0.2, 0.25) is 0 Å². The summed E-state index contributed by atoms with van der Waals surface area (Å²) in [5, 5.41) is 9.09. The van der Waals surface area contributed by atoms with Crippen LogP contribution in [0.1, 0.15) is 23.8 Å². The summed E-state index contributed by atoms with van der Waals surface area (Å²) in [6.07, 6.45) is 2.77. The van der Waals surface area contributed by atoms with E-state index in [-0.39, 0.29) is 5.91 Å². The number of rotatable bonds is 7. The van der Waals surface area contributed by atoms with Gasteiger partial charge in [0.15, 0.2) is 0 Å². The fraction of sp³-hybridized carbons (Fsp3) is 0.500. The number of amides is 1. The first-order valence-electron chi connectivity index (χ1n) is 5.90. The third-order valence-electron chi connectivity index (χ3n) is 2.28. The minimum absolute atomic E-state index is 0.169. The number of hydrogen-bond acceptors (Lipinski definition) is 4. The molecule has 1 amide bonds. The normalized spacial score (nSPS) is 10.0. The Morgan fingerprint density at radius 1 is 1.35 bits per heavy atom. The van der Waals surface area contributed by atoms with E-state index in [1.807, 2.05) is 6.07 Å². The first kappa shape index (κ1) is 13.4. The molecule has 5 heteroatoms. The Bertz CT molecular complexity index is 354. The average molecular weight is 236 g/mol. The summed E-state index contributed by atoms with van der Waals surface area (Å²) >= 11 is 0. The molecule has 0 radical (unpaired) electrons. The Labute approximate surface area is 102 Å². The zero-order chi connectivity index (χ0) is 12.5. The van der Waals surface area contributed by atoms with Gasteiger partial charge < -0.3 is 16.0 Å². The summed E-state index contributed by atoms with van der Waals surface area (Å²) in [6, 6.07) is 3.60. The lowest BCUT2D eigenvalue weighted by Gasteiger charge is -2.08. The monoisotopic (exact) mass is 236 g/mol. The molecule has 0 aliphatic heterocycles. The summed E-state index contributed by atoms with van der Waals surface area (Å²) in [4.78, 5) is 15.4. The lowest BCUT2D eigenvalue weighted by molar-refractivity contribution is 0.0958. The van der Waals surface area contributed by atoms with Crippen LogP contribution in [0, 0.1) is 0 Å². The minimum atomic E-state index is -0.169. The Hall–Kier alpha value is -1.62. The summed E-state index contributed by atoms with van der Waals surface area (Å²) < 4.78 is 0. The SMILES string of the molecule is CCCNCCNc1ccnc(C(=O)NC)c1. The highest BCUT2D eigenvalue weighted by atomic mass is 16.1. The van der Waals surface area contributed by atoms with Crippen LogP contribution in [-0.2, 0) is 0 Å². The molecule has 0 saturated heterocycles. The molecule has 0 aliphatic rings. The molecule has 0 spiro atoms. The second kappa shape index (κ2) is 7.62. The number of nitrogens with zero attached hydrogens (tertiary/aromatic N) is 1. The van der Waals surface area contributed by atoms with Gasteiger partial charge in [-0.2, -0.15) is 0 Å². The summed E-state index contributed by atoms with van der Waals surface area (Å²) in [5.74, 6) is -0.169. The van der Waals surface area contributed by atoms with Gasteiger partial charge in [0, 0.05) is 32.0 Å². The highest BCUT2D eigenvalue weighted by Gasteiger charge is 2.04. The van der Waals surface area contributed by atoms with Crippen molar-refractivity contribution in [2.45, 2.75) is 13.3 Å². The van der Waals surface area contributed by atoms with Crippen LogP contribution in [-0.4, -0.2) is 37.6 Å². The molecule has 0 bridgehead atoms. The van der Waals surface area contributed by atoms with Gasteiger partial charge in [-0.1, -0.05) is 6.92 Å². The van der Waals surface area contributed by atoms with Crippen molar-refractivity contribution in [1.82, 2.24) is 15.6 Å². The maximum Gasteiger partial charge on any atom is 0.269 e. The number of carbonyl (C=O) groups is 1. The van der Waals surface area contributed by atoms with Gasteiger partial charge in [0.1, 0.15) is 5.69 Å². The molecular formula is C12H20N4O. The van der Waals surface area contributed by atoms with Crippen LogP contribution in [0.15, 0.2) is 18.3 Å². The molecular weight excluding hydrogens is 216 g/mol. The maximum atomic E-state index is 11.4. The Balaban J connectivity index is 2.40. The Morgan fingerprint density at radius 2 is 2.18 bits per heavy atom. The smallest absolute Gasteiger partial charge is 0.269 e. The van der Waals surface area contributed by atoms with E-state index in [2.05, 4.69) is 27.9 Å². The van der Waals surface area contributed by atoms with E-state index in [0.29, 0.717) is 5.69 Å². The zero-order valence-corrected chi connectivity index (χ0v) is 10.4. The zero-order valence-electron chi connectivity index (χ0n) is 10.4. The number of carbonyl (C=O) groups excluding carboxylic acids is 1. The van der Waals surface area contributed by atoms with E-state index in [4.69, 9.17) is 0 Å². The van der Waals surface area contributed by atoms with Gasteiger partial charge in [-0.25, -0.2) is 0 Å². The van der Waals surface area contributed by atoms with Crippen LogP contribution < -0.4 is 16.0 Å². The molecule has 1 aromatic rings. The molecule has 3 N–H and O–H groups in total. The van der Waals surface area contributed by atoms with E-state index >= 15 is 0 Å². The fourth-order valence-electron chi connectivity index (χ4n) is 1.39. The van der Waals surface area contributed by atoms with Crippen LogP contribution in [0.25, 0.3) is 0 Å². The van der Waals surface area contributed by atoms with Crippen LogP contribution in [0.2, 0.25) is 0 Å². The Kier molecular flexibility index (Phi) is 6.03. The number of hydrogen-bond donors (Lipinski definition) is 3. The van der Waals surface area contributed by atoms with E-state index in [1.54, 1.807) is 19.3 Å². The second-order valence-electron chi connectivity index (χ2n) is 3.69. The summed E-state index contributed by atoms with van der Waals surface area (Å²) in [7, 11) is 1.60. The van der Waals surface area contributed by atoms with Crippen molar-refractivity contribution in [3.63, 3.8) is 0 Å². The van der Waals surface area contributed by atoms with Crippen molar-refractivity contribution >= 4 is 11.6 Å². The highest BCUT2D eigenvalue weighted by molar-refractivity contribution is 5.92. The summed E-state index contributed by atoms with van der Waals surface area (Å²) in [6.45, 7) is 4.91. The lowest BCUT2D eigenvalue weighted by Crippen LogP contribution is -2.23. The number of aromatic nitrogens is 1.